The molecule has 0 fully saturated rings. The molecule has 5 heteroatoms. The number of hydrogen-bond acceptors (Lipinski definition) is 3. The number of aromatic amines is 1. The van der Waals surface area contributed by atoms with Crippen LogP contribution >= 0.6 is 0 Å². The SMILES string of the molecule is CC(C)(C)C(=O)Nc1n[nH]c2c1CNCC2. The fraction of sp³-hybridized carbons (Fsp3) is 0.636. The number of carbonyl (C=O) groups excluding carboxylic acids is 1. The lowest BCUT2D eigenvalue weighted by molar-refractivity contribution is -0.123. The molecule has 1 aliphatic heterocycles. The number of nitrogens with zero attached hydrogens (tertiary/aromatic N) is 1. The van der Waals surface area contributed by atoms with Gasteiger partial charge in [0, 0.05) is 36.2 Å². The second-order valence-electron chi connectivity index (χ2n) is 5.16. The Kier molecular flexibility index (Phi) is 2.71. The van der Waals surface area contributed by atoms with Crippen LogP contribution in [0.4, 0.5) is 5.82 Å². The van der Waals surface area contributed by atoms with E-state index in [1.807, 2.05) is 20.8 Å². The Labute approximate surface area is 95.0 Å². The van der Waals surface area contributed by atoms with E-state index in [4.69, 9.17) is 0 Å². The van der Waals surface area contributed by atoms with Gasteiger partial charge in [0.15, 0.2) is 5.82 Å². The molecule has 0 spiro atoms. The van der Waals surface area contributed by atoms with Crippen molar-refractivity contribution in [3.8, 4) is 0 Å². The van der Waals surface area contributed by atoms with Crippen molar-refractivity contribution >= 4 is 11.7 Å². The van der Waals surface area contributed by atoms with Crippen LogP contribution in [0, 0.1) is 5.41 Å². The molecular formula is C11H18N4O. The van der Waals surface area contributed by atoms with Crippen LogP contribution in [0.15, 0.2) is 0 Å². The van der Waals surface area contributed by atoms with Gasteiger partial charge in [0.2, 0.25) is 5.91 Å². The van der Waals surface area contributed by atoms with Crippen molar-refractivity contribution in [2.45, 2.75) is 33.7 Å². The summed E-state index contributed by atoms with van der Waals surface area (Å²) in [5.74, 6) is 0.662. The standard InChI is InChI=1S/C11H18N4O/c1-11(2,3)10(16)13-9-7-6-12-5-4-8(7)14-15-9/h12H,4-6H2,1-3H3,(H2,13,14,15,16). The number of aromatic nitrogens is 2. The van der Waals surface area contributed by atoms with Crippen molar-refractivity contribution in [3.05, 3.63) is 11.3 Å². The van der Waals surface area contributed by atoms with Gasteiger partial charge in [-0.2, -0.15) is 5.10 Å². The highest BCUT2D eigenvalue weighted by atomic mass is 16.2. The smallest absolute Gasteiger partial charge is 0.230 e. The zero-order valence-electron chi connectivity index (χ0n) is 9.98. The van der Waals surface area contributed by atoms with Crippen molar-refractivity contribution in [2.24, 2.45) is 5.41 Å². The predicted molar refractivity (Wildman–Crippen MR) is 62.1 cm³/mol. The number of fused-ring (bicyclic) bond motifs is 1. The molecule has 0 aliphatic carbocycles. The van der Waals surface area contributed by atoms with Crippen molar-refractivity contribution in [3.63, 3.8) is 0 Å². The number of rotatable bonds is 1. The summed E-state index contributed by atoms with van der Waals surface area (Å²) in [6.45, 7) is 7.40. The maximum atomic E-state index is 11.8. The molecule has 16 heavy (non-hydrogen) atoms. The first kappa shape index (κ1) is 11.1. The number of hydrogen-bond donors (Lipinski definition) is 3. The molecule has 0 aromatic carbocycles. The molecule has 1 aromatic heterocycles. The van der Waals surface area contributed by atoms with Gasteiger partial charge in [0.05, 0.1) is 0 Å². The van der Waals surface area contributed by atoms with Gasteiger partial charge in [-0.25, -0.2) is 0 Å². The number of carbonyl (C=O) groups is 1. The Hall–Kier alpha value is -1.36. The van der Waals surface area contributed by atoms with E-state index in [1.54, 1.807) is 0 Å². The van der Waals surface area contributed by atoms with Crippen molar-refractivity contribution in [1.29, 1.82) is 0 Å². The first-order valence-electron chi connectivity index (χ1n) is 5.57. The molecule has 0 radical (unpaired) electrons. The molecule has 1 aromatic rings. The molecule has 2 rings (SSSR count). The quantitative estimate of drug-likeness (QED) is 0.665. The maximum Gasteiger partial charge on any atom is 0.230 e. The van der Waals surface area contributed by atoms with E-state index in [0.29, 0.717) is 5.82 Å². The van der Waals surface area contributed by atoms with E-state index in [0.717, 1.165) is 30.8 Å². The highest BCUT2D eigenvalue weighted by Gasteiger charge is 2.24. The van der Waals surface area contributed by atoms with Crippen LogP contribution in [0.5, 0.6) is 0 Å². The molecular weight excluding hydrogens is 204 g/mol. The van der Waals surface area contributed by atoms with Gasteiger partial charge in [0.1, 0.15) is 0 Å². The fourth-order valence-electron chi connectivity index (χ4n) is 1.62. The molecule has 0 unspecified atom stereocenters. The van der Waals surface area contributed by atoms with E-state index in [2.05, 4.69) is 20.8 Å². The number of amides is 1. The number of nitrogens with one attached hydrogen (secondary N) is 3. The summed E-state index contributed by atoms with van der Waals surface area (Å²) in [5.41, 5.74) is 1.82. The average molecular weight is 222 g/mol. The lowest BCUT2D eigenvalue weighted by Gasteiger charge is -2.18. The normalized spacial score (nSPS) is 15.7. The van der Waals surface area contributed by atoms with Crippen LogP contribution in [-0.2, 0) is 17.8 Å². The summed E-state index contributed by atoms with van der Waals surface area (Å²) in [7, 11) is 0. The Balaban J connectivity index is 2.16. The zero-order valence-corrected chi connectivity index (χ0v) is 9.98. The largest absolute Gasteiger partial charge is 0.312 e. The second-order valence-corrected chi connectivity index (χ2v) is 5.16. The van der Waals surface area contributed by atoms with Gasteiger partial charge >= 0.3 is 0 Å². The number of H-pyrrole nitrogens is 1. The summed E-state index contributed by atoms with van der Waals surface area (Å²) in [5, 5.41) is 13.3. The molecule has 5 nitrogen and oxygen atoms in total. The Morgan fingerprint density at radius 1 is 1.44 bits per heavy atom. The molecule has 2 heterocycles. The van der Waals surface area contributed by atoms with Crippen LogP contribution in [-0.4, -0.2) is 22.6 Å². The molecule has 3 N–H and O–H groups in total. The lowest BCUT2D eigenvalue weighted by atomic mass is 9.95. The molecule has 1 amide bonds. The summed E-state index contributed by atoms with van der Waals surface area (Å²) in [6, 6.07) is 0. The van der Waals surface area contributed by atoms with E-state index in [9.17, 15) is 4.79 Å². The Morgan fingerprint density at radius 3 is 2.88 bits per heavy atom. The van der Waals surface area contributed by atoms with E-state index >= 15 is 0 Å². The van der Waals surface area contributed by atoms with Crippen LogP contribution in [0.3, 0.4) is 0 Å². The van der Waals surface area contributed by atoms with Crippen molar-refractivity contribution < 1.29 is 4.79 Å². The van der Waals surface area contributed by atoms with E-state index in [1.165, 1.54) is 0 Å². The summed E-state index contributed by atoms with van der Waals surface area (Å²) >= 11 is 0. The molecule has 0 bridgehead atoms. The number of anilines is 1. The fourth-order valence-corrected chi connectivity index (χ4v) is 1.62. The third-order valence-electron chi connectivity index (χ3n) is 2.72. The first-order valence-corrected chi connectivity index (χ1v) is 5.57. The van der Waals surface area contributed by atoms with Crippen LogP contribution < -0.4 is 10.6 Å². The van der Waals surface area contributed by atoms with Gasteiger partial charge in [-0.1, -0.05) is 20.8 Å². The summed E-state index contributed by atoms with van der Waals surface area (Å²) < 4.78 is 0. The molecule has 0 saturated heterocycles. The highest BCUT2D eigenvalue weighted by Crippen LogP contribution is 2.22. The van der Waals surface area contributed by atoms with Crippen LogP contribution in [0.2, 0.25) is 0 Å². The van der Waals surface area contributed by atoms with Gasteiger partial charge in [-0.15, -0.1) is 0 Å². The monoisotopic (exact) mass is 222 g/mol. The van der Waals surface area contributed by atoms with Crippen molar-refractivity contribution in [2.75, 3.05) is 11.9 Å². The third-order valence-corrected chi connectivity index (χ3v) is 2.72. The summed E-state index contributed by atoms with van der Waals surface area (Å²) in [4.78, 5) is 11.8. The van der Waals surface area contributed by atoms with Gasteiger partial charge in [0.25, 0.3) is 0 Å². The van der Waals surface area contributed by atoms with Gasteiger partial charge in [-0.3, -0.25) is 9.89 Å². The van der Waals surface area contributed by atoms with E-state index in [-0.39, 0.29) is 5.91 Å². The predicted octanol–water partition coefficient (Wildman–Crippen LogP) is 1.04. The van der Waals surface area contributed by atoms with Crippen LogP contribution in [0.1, 0.15) is 32.0 Å². The molecule has 0 atom stereocenters. The lowest BCUT2D eigenvalue weighted by Crippen LogP contribution is -2.29. The van der Waals surface area contributed by atoms with Crippen LogP contribution in [0.25, 0.3) is 0 Å². The minimum absolute atomic E-state index is 0.00706. The molecule has 88 valence electrons. The average Bonchev–Trinajstić information content (AvgIpc) is 2.61. The van der Waals surface area contributed by atoms with Crippen molar-refractivity contribution in [1.82, 2.24) is 15.5 Å². The first-order chi connectivity index (χ1) is 7.48. The highest BCUT2D eigenvalue weighted by molar-refractivity contribution is 5.94. The Bertz CT molecular complexity index is 403. The minimum Gasteiger partial charge on any atom is -0.312 e. The van der Waals surface area contributed by atoms with E-state index < -0.39 is 5.41 Å². The Morgan fingerprint density at radius 2 is 2.19 bits per heavy atom. The molecule has 1 aliphatic rings. The third kappa shape index (κ3) is 2.09. The van der Waals surface area contributed by atoms with Gasteiger partial charge < -0.3 is 10.6 Å². The second kappa shape index (κ2) is 3.90. The maximum absolute atomic E-state index is 11.8. The topological polar surface area (TPSA) is 69.8 Å². The summed E-state index contributed by atoms with van der Waals surface area (Å²) in [6.07, 6.45) is 0.938. The zero-order chi connectivity index (χ0) is 11.8. The van der Waals surface area contributed by atoms with Gasteiger partial charge in [-0.05, 0) is 0 Å². The minimum atomic E-state index is -0.395. The molecule has 0 saturated carbocycles.